The molecule has 3 aliphatic rings. The lowest BCUT2D eigenvalue weighted by Crippen LogP contribution is -2.23. The zero-order chi connectivity index (χ0) is 13.1. The monoisotopic (exact) mass is 279 g/mol. The normalized spacial score (nSPS) is 40.3. The van der Waals surface area contributed by atoms with Crippen LogP contribution in [0.2, 0.25) is 5.02 Å². The Morgan fingerprint density at radius 3 is 2.53 bits per heavy atom. The largest absolute Gasteiger partial charge is 0.313 e. The van der Waals surface area contributed by atoms with Gasteiger partial charge < -0.3 is 5.32 Å². The predicted molar refractivity (Wildman–Crippen MR) is 74.5 cm³/mol. The number of benzene rings is 1. The van der Waals surface area contributed by atoms with Gasteiger partial charge in [0.1, 0.15) is 5.82 Å². The number of hydrogen-bond donors (Lipinski definition) is 1. The van der Waals surface area contributed by atoms with Crippen LogP contribution in [-0.4, -0.2) is 7.05 Å². The van der Waals surface area contributed by atoms with Crippen LogP contribution in [0.5, 0.6) is 0 Å². The Morgan fingerprint density at radius 1 is 1.26 bits per heavy atom. The van der Waals surface area contributed by atoms with Crippen LogP contribution in [0.1, 0.15) is 30.9 Å². The van der Waals surface area contributed by atoms with Gasteiger partial charge in [-0.1, -0.05) is 17.7 Å². The highest BCUT2D eigenvalue weighted by atomic mass is 35.5. The number of rotatable bonds is 3. The highest BCUT2D eigenvalue weighted by Crippen LogP contribution is 2.72. The van der Waals surface area contributed by atoms with Crippen molar-refractivity contribution in [2.75, 3.05) is 7.05 Å². The molecule has 1 aromatic carbocycles. The Labute approximate surface area is 118 Å². The van der Waals surface area contributed by atoms with Crippen molar-refractivity contribution in [3.8, 4) is 0 Å². The van der Waals surface area contributed by atoms with E-state index < -0.39 is 0 Å². The second-order valence-electron chi connectivity index (χ2n) is 6.50. The first-order chi connectivity index (χ1) is 9.20. The number of fused-ring (bicyclic) bond motifs is 5. The lowest BCUT2D eigenvalue weighted by atomic mass is 9.93. The average Bonchev–Trinajstić information content (AvgIpc) is 2.80. The summed E-state index contributed by atoms with van der Waals surface area (Å²) in [6, 6.07) is 5.26. The molecule has 0 spiro atoms. The molecule has 3 saturated carbocycles. The Hall–Kier alpha value is -0.600. The zero-order valence-corrected chi connectivity index (χ0v) is 11.8. The molecular weight excluding hydrogens is 261 g/mol. The van der Waals surface area contributed by atoms with Crippen LogP contribution in [-0.2, 0) is 0 Å². The van der Waals surface area contributed by atoms with Gasteiger partial charge in [-0.05, 0) is 68.0 Å². The van der Waals surface area contributed by atoms with Gasteiger partial charge in [-0.15, -0.1) is 0 Å². The van der Waals surface area contributed by atoms with Crippen LogP contribution < -0.4 is 5.32 Å². The maximum absolute atomic E-state index is 14.1. The van der Waals surface area contributed by atoms with Crippen LogP contribution in [0, 0.1) is 35.4 Å². The highest BCUT2D eigenvalue weighted by Gasteiger charge is 2.66. The Balaban J connectivity index is 1.63. The average molecular weight is 280 g/mol. The first-order valence-electron chi connectivity index (χ1n) is 7.33. The zero-order valence-electron chi connectivity index (χ0n) is 11.1. The molecule has 0 radical (unpaired) electrons. The van der Waals surface area contributed by atoms with E-state index in [2.05, 4.69) is 5.32 Å². The minimum absolute atomic E-state index is 0.163. The summed E-state index contributed by atoms with van der Waals surface area (Å²) in [7, 11) is 1.95. The summed E-state index contributed by atoms with van der Waals surface area (Å²) < 4.78 is 14.1. The van der Waals surface area contributed by atoms with Gasteiger partial charge >= 0.3 is 0 Å². The van der Waals surface area contributed by atoms with E-state index in [9.17, 15) is 4.39 Å². The van der Waals surface area contributed by atoms with Gasteiger partial charge in [-0.3, -0.25) is 0 Å². The number of halogens is 2. The van der Waals surface area contributed by atoms with Crippen LogP contribution in [0.15, 0.2) is 18.2 Å². The van der Waals surface area contributed by atoms with E-state index in [4.69, 9.17) is 11.6 Å². The Bertz CT molecular complexity index is 501. The van der Waals surface area contributed by atoms with E-state index >= 15 is 0 Å². The van der Waals surface area contributed by atoms with Crippen LogP contribution >= 0.6 is 11.6 Å². The molecule has 5 unspecified atom stereocenters. The van der Waals surface area contributed by atoms with E-state index in [1.54, 1.807) is 6.07 Å². The molecule has 3 fully saturated rings. The summed E-state index contributed by atoms with van der Waals surface area (Å²) in [5.74, 6) is 4.03. The van der Waals surface area contributed by atoms with Gasteiger partial charge in [0.15, 0.2) is 0 Å². The minimum atomic E-state index is -0.163. The molecule has 1 aromatic rings. The number of hydrogen-bond acceptors (Lipinski definition) is 1. The summed E-state index contributed by atoms with van der Waals surface area (Å²) in [6.45, 7) is 0. The fraction of sp³-hybridized carbons (Fsp3) is 0.625. The summed E-state index contributed by atoms with van der Waals surface area (Å²) in [6.07, 6.45) is 4.25. The summed E-state index contributed by atoms with van der Waals surface area (Å²) in [4.78, 5) is 0. The Kier molecular flexibility index (Phi) is 2.69. The van der Waals surface area contributed by atoms with Gasteiger partial charge in [-0.25, -0.2) is 4.39 Å². The SMILES string of the molecule is CNC(c1ccc(Cl)cc1F)C1C2C3CCC(C3)C21. The van der Waals surface area contributed by atoms with Crippen molar-refractivity contribution < 1.29 is 4.39 Å². The second kappa shape index (κ2) is 4.20. The molecule has 1 N–H and O–H groups in total. The fourth-order valence-electron chi connectivity index (χ4n) is 5.15. The molecule has 0 heterocycles. The Morgan fingerprint density at radius 2 is 1.95 bits per heavy atom. The molecule has 2 bridgehead atoms. The number of nitrogens with one attached hydrogen (secondary N) is 1. The molecule has 0 saturated heterocycles. The standard InChI is InChI=1S/C16H19ClFN/c1-19-16(11-5-4-10(17)7-12(11)18)15-13-8-2-3-9(6-8)14(13)15/h4-5,7-9,13-16,19H,2-3,6H2,1H3. The van der Waals surface area contributed by atoms with Crippen molar-refractivity contribution in [3.63, 3.8) is 0 Å². The molecule has 3 heteroatoms. The van der Waals surface area contributed by atoms with Gasteiger partial charge in [0.2, 0.25) is 0 Å². The quantitative estimate of drug-likeness (QED) is 0.881. The predicted octanol–water partition coefficient (Wildman–Crippen LogP) is 4.03. The fourth-order valence-corrected chi connectivity index (χ4v) is 5.31. The van der Waals surface area contributed by atoms with Gasteiger partial charge in [0.05, 0.1) is 0 Å². The maximum atomic E-state index is 14.1. The molecule has 5 atom stereocenters. The third kappa shape index (κ3) is 1.69. The molecule has 0 aromatic heterocycles. The van der Waals surface area contributed by atoms with E-state index in [1.165, 1.54) is 25.3 Å². The van der Waals surface area contributed by atoms with Gasteiger partial charge in [0.25, 0.3) is 0 Å². The van der Waals surface area contributed by atoms with Crippen molar-refractivity contribution in [2.45, 2.75) is 25.3 Å². The van der Waals surface area contributed by atoms with Crippen LogP contribution in [0.3, 0.4) is 0 Å². The lowest BCUT2D eigenvalue weighted by molar-refractivity contribution is 0.377. The molecule has 0 amide bonds. The minimum Gasteiger partial charge on any atom is -0.313 e. The first kappa shape index (κ1) is 12.2. The lowest BCUT2D eigenvalue weighted by Gasteiger charge is -2.21. The third-order valence-corrected chi connectivity index (χ3v) is 6.02. The van der Waals surface area contributed by atoms with Crippen molar-refractivity contribution in [1.29, 1.82) is 0 Å². The highest BCUT2D eigenvalue weighted by molar-refractivity contribution is 6.30. The molecule has 4 rings (SSSR count). The second-order valence-corrected chi connectivity index (χ2v) is 6.93. The van der Waals surface area contributed by atoms with Crippen molar-refractivity contribution in [3.05, 3.63) is 34.6 Å². The summed E-state index contributed by atoms with van der Waals surface area (Å²) >= 11 is 5.85. The summed E-state index contributed by atoms with van der Waals surface area (Å²) in [5, 5.41) is 3.83. The van der Waals surface area contributed by atoms with E-state index in [1.807, 2.05) is 13.1 Å². The smallest absolute Gasteiger partial charge is 0.129 e. The maximum Gasteiger partial charge on any atom is 0.129 e. The molecular formula is C16H19ClFN. The van der Waals surface area contributed by atoms with Crippen molar-refractivity contribution >= 4 is 11.6 Å². The van der Waals surface area contributed by atoms with Crippen LogP contribution in [0.25, 0.3) is 0 Å². The molecule has 102 valence electrons. The van der Waals surface area contributed by atoms with E-state index in [-0.39, 0.29) is 11.9 Å². The van der Waals surface area contributed by atoms with Crippen molar-refractivity contribution in [1.82, 2.24) is 5.32 Å². The molecule has 3 aliphatic carbocycles. The van der Waals surface area contributed by atoms with Gasteiger partial charge in [0, 0.05) is 16.6 Å². The molecule has 1 nitrogen and oxygen atoms in total. The van der Waals surface area contributed by atoms with E-state index in [0.717, 1.165) is 29.2 Å². The summed E-state index contributed by atoms with van der Waals surface area (Å²) in [5.41, 5.74) is 0.797. The first-order valence-corrected chi connectivity index (χ1v) is 7.70. The topological polar surface area (TPSA) is 12.0 Å². The molecule has 19 heavy (non-hydrogen) atoms. The molecule has 0 aliphatic heterocycles. The van der Waals surface area contributed by atoms with Crippen LogP contribution in [0.4, 0.5) is 4.39 Å². The van der Waals surface area contributed by atoms with Crippen molar-refractivity contribution in [2.24, 2.45) is 29.6 Å². The van der Waals surface area contributed by atoms with Gasteiger partial charge in [-0.2, -0.15) is 0 Å². The third-order valence-electron chi connectivity index (χ3n) is 5.79. The van der Waals surface area contributed by atoms with E-state index in [0.29, 0.717) is 10.9 Å².